The second-order valence-corrected chi connectivity index (χ2v) is 7.19. The molecule has 1 aromatic carbocycles. The van der Waals surface area contributed by atoms with Crippen LogP contribution >= 0.6 is 0 Å². The average Bonchev–Trinajstić information content (AvgIpc) is 3.22. The summed E-state index contributed by atoms with van der Waals surface area (Å²) in [5.41, 5.74) is 2.34. The van der Waals surface area contributed by atoms with E-state index < -0.39 is 5.97 Å². The van der Waals surface area contributed by atoms with Crippen molar-refractivity contribution in [2.75, 3.05) is 5.32 Å². The van der Waals surface area contributed by atoms with E-state index in [0.717, 1.165) is 62.4 Å². The normalized spacial score (nSPS) is 22.6. The van der Waals surface area contributed by atoms with E-state index >= 15 is 0 Å². The number of nitrogens with one attached hydrogen (secondary N) is 1. The monoisotopic (exact) mass is 340 g/mol. The van der Waals surface area contributed by atoms with Crippen molar-refractivity contribution in [1.29, 1.82) is 0 Å². The van der Waals surface area contributed by atoms with Crippen LogP contribution in [0.4, 0.5) is 5.69 Å². The maximum Gasteiger partial charge on any atom is 0.306 e. The molecule has 0 bridgehead atoms. The fourth-order valence-corrected chi connectivity index (χ4v) is 3.96. The molecule has 1 fully saturated rings. The zero-order valence-corrected chi connectivity index (χ0v) is 14.3. The van der Waals surface area contributed by atoms with Gasteiger partial charge >= 0.3 is 5.97 Å². The molecule has 2 heterocycles. The smallest absolute Gasteiger partial charge is 0.306 e. The lowest BCUT2D eigenvalue weighted by atomic mass is 9.86. The highest BCUT2D eigenvalue weighted by atomic mass is 16.4. The van der Waals surface area contributed by atoms with E-state index in [1.807, 2.05) is 0 Å². The quantitative estimate of drug-likeness (QED) is 0.875. The molecule has 2 aromatic rings. The Labute approximate surface area is 147 Å². The number of aryl methyl sites for hydroxylation is 1. The molecule has 0 radical (unpaired) electrons. The molecular weight excluding hydrogens is 316 g/mol. The minimum atomic E-state index is -0.650. The van der Waals surface area contributed by atoms with E-state index in [1.54, 1.807) is 0 Å². The number of nitrogens with zero attached hydrogens (tertiary/aromatic N) is 3. The standard InChI is InChI=1S/C19H24N4O2/c24-19(25)14-5-9-16(10-6-14)20-15-7-3-13(4-8-15)12-18-22-21-17-2-1-11-23(17)18/h3-4,7-8,14,16,20H,1-2,5-6,9-12H2,(H,24,25). The van der Waals surface area contributed by atoms with Gasteiger partial charge in [-0.2, -0.15) is 0 Å². The van der Waals surface area contributed by atoms with Gasteiger partial charge in [0.1, 0.15) is 11.6 Å². The van der Waals surface area contributed by atoms with Gasteiger partial charge in [-0.1, -0.05) is 12.1 Å². The van der Waals surface area contributed by atoms with Gasteiger partial charge in [0.05, 0.1) is 5.92 Å². The summed E-state index contributed by atoms with van der Waals surface area (Å²) in [7, 11) is 0. The van der Waals surface area contributed by atoms with Crippen molar-refractivity contribution < 1.29 is 9.90 Å². The zero-order chi connectivity index (χ0) is 17.2. The van der Waals surface area contributed by atoms with Crippen molar-refractivity contribution in [2.24, 2.45) is 5.92 Å². The number of carboxylic acids is 1. The predicted molar refractivity (Wildman–Crippen MR) is 94.6 cm³/mol. The third-order valence-corrected chi connectivity index (χ3v) is 5.45. The van der Waals surface area contributed by atoms with Gasteiger partial charge < -0.3 is 15.0 Å². The summed E-state index contributed by atoms with van der Waals surface area (Å²) in [6, 6.07) is 8.88. The first kappa shape index (κ1) is 16.1. The number of anilines is 1. The van der Waals surface area contributed by atoms with Crippen LogP contribution in [-0.2, 0) is 24.2 Å². The molecule has 0 amide bonds. The van der Waals surface area contributed by atoms with Crippen LogP contribution < -0.4 is 5.32 Å². The van der Waals surface area contributed by atoms with Crippen LogP contribution in [0.3, 0.4) is 0 Å². The Kier molecular flexibility index (Phi) is 4.42. The van der Waals surface area contributed by atoms with Crippen molar-refractivity contribution in [3.63, 3.8) is 0 Å². The second-order valence-electron chi connectivity index (χ2n) is 7.19. The van der Waals surface area contributed by atoms with E-state index in [4.69, 9.17) is 5.11 Å². The summed E-state index contributed by atoms with van der Waals surface area (Å²) in [5, 5.41) is 21.2. The summed E-state index contributed by atoms with van der Waals surface area (Å²) in [6.07, 6.45) is 6.41. The van der Waals surface area contributed by atoms with Crippen LogP contribution in [-0.4, -0.2) is 31.9 Å². The molecule has 1 aromatic heterocycles. The summed E-state index contributed by atoms with van der Waals surface area (Å²) >= 11 is 0. The first-order valence-corrected chi connectivity index (χ1v) is 9.18. The molecule has 132 valence electrons. The highest BCUT2D eigenvalue weighted by Crippen LogP contribution is 2.27. The molecule has 0 atom stereocenters. The van der Waals surface area contributed by atoms with Crippen molar-refractivity contribution >= 4 is 11.7 Å². The van der Waals surface area contributed by atoms with E-state index in [-0.39, 0.29) is 5.92 Å². The molecule has 0 unspecified atom stereocenters. The molecular formula is C19H24N4O2. The third kappa shape index (κ3) is 3.52. The SMILES string of the molecule is O=C(O)C1CCC(Nc2ccc(Cc3nnc4n3CCC4)cc2)CC1. The van der Waals surface area contributed by atoms with E-state index in [1.165, 1.54) is 12.0 Å². The van der Waals surface area contributed by atoms with Gasteiger partial charge in [0.25, 0.3) is 0 Å². The van der Waals surface area contributed by atoms with Crippen molar-refractivity contribution in [1.82, 2.24) is 14.8 Å². The van der Waals surface area contributed by atoms with Crippen LogP contribution in [0.1, 0.15) is 49.3 Å². The van der Waals surface area contributed by atoms with Crippen LogP contribution in [0.15, 0.2) is 24.3 Å². The van der Waals surface area contributed by atoms with Crippen LogP contribution in [0.2, 0.25) is 0 Å². The molecule has 25 heavy (non-hydrogen) atoms. The Balaban J connectivity index is 1.34. The fraction of sp³-hybridized carbons (Fsp3) is 0.526. The first-order chi connectivity index (χ1) is 12.2. The molecule has 6 nitrogen and oxygen atoms in total. The van der Waals surface area contributed by atoms with Gasteiger partial charge in [0.2, 0.25) is 0 Å². The van der Waals surface area contributed by atoms with Crippen molar-refractivity contribution in [3.8, 4) is 0 Å². The second kappa shape index (κ2) is 6.86. The third-order valence-electron chi connectivity index (χ3n) is 5.45. The highest BCUT2D eigenvalue weighted by molar-refractivity contribution is 5.70. The fourth-order valence-electron chi connectivity index (χ4n) is 3.96. The number of hydrogen-bond acceptors (Lipinski definition) is 4. The minimum Gasteiger partial charge on any atom is -0.481 e. The van der Waals surface area contributed by atoms with Gasteiger partial charge in [0, 0.05) is 31.1 Å². The molecule has 1 aliphatic heterocycles. The molecule has 4 rings (SSSR count). The molecule has 1 aliphatic carbocycles. The Bertz CT molecular complexity index is 745. The number of benzene rings is 1. The van der Waals surface area contributed by atoms with Gasteiger partial charge in [-0.15, -0.1) is 10.2 Å². The number of hydrogen-bond donors (Lipinski definition) is 2. The van der Waals surface area contributed by atoms with Gasteiger partial charge in [-0.3, -0.25) is 4.79 Å². The summed E-state index contributed by atoms with van der Waals surface area (Å²) in [6.45, 7) is 1.04. The zero-order valence-electron chi connectivity index (χ0n) is 14.3. The van der Waals surface area contributed by atoms with Gasteiger partial charge in [-0.05, 0) is 49.8 Å². The lowest BCUT2D eigenvalue weighted by Gasteiger charge is -2.27. The molecule has 2 N–H and O–H groups in total. The molecule has 0 saturated heterocycles. The number of aromatic nitrogens is 3. The summed E-state index contributed by atoms with van der Waals surface area (Å²) in [4.78, 5) is 11.0. The maximum absolute atomic E-state index is 11.0. The highest BCUT2D eigenvalue weighted by Gasteiger charge is 2.25. The molecule has 1 saturated carbocycles. The lowest BCUT2D eigenvalue weighted by molar-refractivity contribution is -0.142. The number of carboxylic acid groups (broad SMARTS) is 1. The average molecular weight is 340 g/mol. The van der Waals surface area contributed by atoms with E-state index in [2.05, 4.69) is 44.3 Å². The first-order valence-electron chi connectivity index (χ1n) is 9.18. The predicted octanol–water partition coefficient (Wildman–Crippen LogP) is 2.87. The lowest BCUT2D eigenvalue weighted by Crippen LogP contribution is -2.29. The number of aliphatic carboxylic acids is 1. The molecule has 2 aliphatic rings. The van der Waals surface area contributed by atoms with Crippen LogP contribution in [0.5, 0.6) is 0 Å². The summed E-state index contributed by atoms with van der Waals surface area (Å²) < 4.78 is 2.24. The van der Waals surface area contributed by atoms with Gasteiger partial charge in [-0.25, -0.2) is 0 Å². The van der Waals surface area contributed by atoms with Gasteiger partial charge in [0.15, 0.2) is 0 Å². The Morgan fingerprint density at radius 1 is 1.16 bits per heavy atom. The number of fused-ring (bicyclic) bond motifs is 1. The Morgan fingerprint density at radius 3 is 2.64 bits per heavy atom. The molecule has 0 spiro atoms. The molecule has 6 heteroatoms. The van der Waals surface area contributed by atoms with Crippen molar-refractivity contribution in [3.05, 3.63) is 41.5 Å². The van der Waals surface area contributed by atoms with Crippen LogP contribution in [0.25, 0.3) is 0 Å². The van der Waals surface area contributed by atoms with Crippen molar-refractivity contribution in [2.45, 2.75) is 57.5 Å². The van der Waals surface area contributed by atoms with Crippen LogP contribution in [0, 0.1) is 5.92 Å². The Hall–Kier alpha value is -2.37. The Morgan fingerprint density at radius 2 is 1.92 bits per heavy atom. The van der Waals surface area contributed by atoms with E-state index in [0.29, 0.717) is 6.04 Å². The topological polar surface area (TPSA) is 80.0 Å². The summed E-state index contributed by atoms with van der Waals surface area (Å²) in [5.74, 6) is 1.36. The number of carbonyl (C=O) groups is 1. The maximum atomic E-state index is 11.0. The minimum absolute atomic E-state index is 0.162. The van der Waals surface area contributed by atoms with E-state index in [9.17, 15) is 4.79 Å². The number of rotatable bonds is 5. The largest absolute Gasteiger partial charge is 0.481 e.